The lowest BCUT2D eigenvalue weighted by atomic mass is 10.3. The highest BCUT2D eigenvalue weighted by atomic mass is 16.6. The molecule has 0 spiro atoms. The zero-order chi connectivity index (χ0) is 13.7. The fourth-order valence-corrected chi connectivity index (χ4v) is 1.76. The highest BCUT2D eigenvalue weighted by Gasteiger charge is 2.15. The standard InChI is InChI=1S/C15H16N2O2/c1-2-17(13-8-4-3-5-9-13)15(18)19-14-10-6-7-12(16)11-14/h3-11H,2,16H2,1H3. The van der Waals surface area contributed by atoms with E-state index in [4.69, 9.17) is 10.5 Å². The number of hydrogen-bond acceptors (Lipinski definition) is 3. The van der Waals surface area contributed by atoms with Crippen LogP contribution >= 0.6 is 0 Å². The van der Waals surface area contributed by atoms with Gasteiger partial charge in [0.15, 0.2) is 0 Å². The number of anilines is 2. The first-order valence-corrected chi connectivity index (χ1v) is 6.10. The quantitative estimate of drug-likeness (QED) is 0.857. The van der Waals surface area contributed by atoms with Crippen molar-refractivity contribution in [2.45, 2.75) is 6.92 Å². The van der Waals surface area contributed by atoms with Gasteiger partial charge in [0.25, 0.3) is 0 Å². The maximum atomic E-state index is 12.1. The summed E-state index contributed by atoms with van der Waals surface area (Å²) >= 11 is 0. The van der Waals surface area contributed by atoms with Gasteiger partial charge in [-0.05, 0) is 31.2 Å². The average Bonchev–Trinajstić information content (AvgIpc) is 2.41. The summed E-state index contributed by atoms with van der Waals surface area (Å²) in [5.41, 5.74) is 7.02. The van der Waals surface area contributed by atoms with Crippen molar-refractivity contribution >= 4 is 17.5 Å². The monoisotopic (exact) mass is 256 g/mol. The van der Waals surface area contributed by atoms with Crippen LogP contribution in [0.1, 0.15) is 6.92 Å². The van der Waals surface area contributed by atoms with Crippen LogP contribution in [0, 0.1) is 0 Å². The number of nitrogen functional groups attached to an aromatic ring is 1. The zero-order valence-electron chi connectivity index (χ0n) is 10.7. The second-order valence-corrected chi connectivity index (χ2v) is 4.02. The minimum absolute atomic E-state index is 0.417. The number of nitrogens with zero attached hydrogens (tertiary/aromatic N) is 1. The van der Waals surface area contributed by atoms with E-state index >= 15 is 0 Å². The van der Waals surface area contributed by atoms with Crippen molar-refractivity contribution in [1.29, 1.82) is 0 Å². The van der Waals surface area contributed by atoms with E-state index in [0.717, 1.165) is 5.69 Å². The van der Waals surface area contributed by atoms with E-state index in [1.165, 1.54) is 0 Å². The molecule has 2 aromatic rings. The summed E-state index contributed by atoms with van der Waals surface area (Å²) in [5.74, 6) is 0.444. The van der Waals surface area contributed by atoms with Gasteiger partial charge in [0, 0.05) is 24.0 Å². The smallest absolute Gasteiger partial charge is 0.410 e. The predicted molar refractivity (Wildman–Crippen MR) is 76.3 cm³/mol. The fourth-order valence-electron chi connectivity index (χ4n) is 1.76. The molecular formula is C15H16N2O2. The Kier molecular flexibility index (Phi) is 4.03. The van der Waals surface area contributed by atoms with E-state index in [9.17, 15) is 4.79 Å². The molecule has 4 nitrogen and oxygen atoms in total. The third-order valence-corrected chi connectivity index (χ3v) is 2.67. The summed E-state index contributed by atoms with van der Waals surface area (Å²) in [7, 11) is 0. The number of nitrogens with two attached hydrogens (primary N) is 1. The molecule has 1 amide bonds. The third-order valence-electron chi connectivity index (χ3n) is 2.67. The van der Waals surface area contributed by atoms with E-state index in [0.29, 0.717) is 18.0 Å². The Morgan fingerprint density at radius 3 is 2.53 bits per heavy atom. The second kappa shape index (κ2) is 5.91. The van der Waals surface area contributed by atoms with E-state index in [1.807, 2.05) is 37.3 Å². The molecule has 2 N–H and O–H groups in total. The Labute approximate surface area is 112 Å². The molecule has 0 atom stereocenters. The molecule has 0 radical (unpaired) electrons. The Bertz CT molecular complexity index is 555. The SMILES string of the molecule is CCN(C(=O)Oc1cccc(N)c1)c1ccccc1. The zero-order valence-corrected chi connectivity index (χ0v) is 10.7. The lowest BCUT2D eigenvalue weighted by Gasteiger charge is -2.20. The molecule has 4 heteroatoms. The lowest BCUT2D eigenvalue weighted by molar-refractivity contribution is 0.208. The second-order valence-electron chi connectivity index (χ2n) is 4.02. The maximum absolute atomic E-state index is 12.1. The highest BCUT2D eigenvalue weighted by molar-refractivity contribution is 5.89. The first kappa shape index (κ1) is 13.0. The van der Waals surface area contributed by atoms with Gasteiger partial charge in [-0.3, -0.25) is 4.90 Å². The van der Waals surface area contributed by atoms with Gasteiger partial charge >= 0.3 is 6.09 Å². The molecular weight excluding hydrogens is 240 g/mol. The van der Waals surface area contributed by atoms with Crippen molar-refractivity contribution < 1.29 is 9.53 Å². The minimum Gasteiger partial charge on any atom is -0.410 e. The van der Waals surface area contributed by atoms with Gasteiger partial charge in [0.1, 0.15) is 5.75 Å². The van der Waals surface area contributed by atoms with Crippen molar-refractivity contribution in [2.75, 3.05) is 17.2 Å². The van der Waals surface area contributed by atoms with E-state index in [-0.39, 0.29) is 0 Å². The molecule has 0 aromatic heterocycles. The third kappa shape index (κ3) is 3.25. The maximum Gasteiger partial charge on any atom is 0.419 e. The molecule has 2 rings (SSSR count). The van der Waals surface area contributed by atoms with Gasteiger partial charge in [0.05, 0.1) is 0 Å². The van der Waals surface area contributed by atoms with Crippen molar-refractivity contribution in [3.63, 3.8) is 0 Å². The highest BCUT2D eigenvalue weighted by Crippen LogP contribution is 2.18. The van der Waals surface area contributed by atoms with Crippen LogP contribution in [0.5, 0.6) is 5.75 Å². The molecule has 0 bridgehead atoms. The predicted octanol–water partition coefficient (Wildman–Crippen LogP) is 3.29. The van der Waals surface area contributed by atoms with Gasteiger partial charge in [-0.25, -0.2) is 4.79 Å². The van der Waals surface area contributed by atoms with Gasteiger partial charge < -0.3 is 10.5 Å². The normalized spacial score (nSPS) is 9.95. The summed E-state index contributed by atoms with van der Waals surface area (Å²) < 4.78 is 5.31. The largest absolute Gasteiger partial charge is 0.419 e. The number of rotatable bonds is 3. The van der Waals surface area contributed by atoms with Crippen molar-refractivity contribution in [1.82, 2.24) is 0 Å². The summed E-state index contributed by atoms with van der Waals surface area (Å²) in [6.07, 6.45) is -0.417. The molecule has 0 unspecified atom stereocenters. The molecule has 0 saturated carbocycles. The van der Waals surface area contributed by atoms with Crippen molar-refractivity contribution in [2.24, 2.45) is 0 Å². The van der Waals surface area contributed by atoms with Crippen molar-refractivity contribution in [3.05, 3.63) is 54.6 Å². The van der Waals surface area contributed by atoms with Crippen LogP contribution in [0.15, 0.2) is 54.6 Å². The number of carbonyl (C=O) groups is 1. The van der Waals surface area contributed by atoms with Gasteiger partial charge in [-0.15, -0.1) is 0 Å². The molecule has 0 saturated heterocycles. The topological polar surface area (TPSA) is 55.6 Å². The number of benzene rings is 2. The first-order chi connectivity index (χ1) is 9.20. The van der Waals surface area contributed by atoms with E-state index in [1.54, 1.807) is 29.2 Å². The fraction of sp³-hybridized carbons (Fsp3) is 0.133. The molecule has 0 aliphatic rings. The molecule has 0 aliphatic carbocycles. The number of amides is 1. The number of para-hydroxylation sites is 1. The van der Waals surface area contributed by atoms with Crippen LogP contribution in [0.2, 0.25) is 0 Å². The van der Waals surface area contributed by atoms with Crippen LogP contribution in [-0.2, 0) is 0 Å². The van der Waals surface area contributed by atoms with E-state index in [2.05, 4.69) is 0 Å². The summed E-state index contributed by atoms with van der Waals surface area (Å²) in [4.78, 5) is 13.7. The molecule has 19 heavy (non-hydrogen) atoms. The van der Waals surface area contributed by atoms with Crippen LogP contribution in [0.25, 0.3) is 0 Å². The van der Waals surface area contributed by atoms with Crippen LogP contribution in [0.4, 0.5) is 16.2 Å². The molecule has 0 aliphatic heterocycles. The molecule has 0 fully saturated rings. The Balaban J connectivity index is 2.14. The summed E-state index contributed by atoms with van der Waals surface area (Å²) in [6.45, 7) is 2.43. The lowest BCUT2D eigenvalue weighted by Crippen LogP contribution is -2.33. The van der Waals surface area contributed by atoms with Crippen LogP contribution < -0.4 is 15.4 Å². The number of carbonyl (C=O) groups excluding carboxylic acids is 1. The van der Waals surface area contributed by atoms with Gasteiger partial charge in [-0.2, -0.15) is 0 Å². The number of ether oxygens (including phenoxy) is 1. The molecule has 98 valence electrons. The van der Waals surface area contributed by atoms with Crippen molar-refractivity contribution in [3.8, 4) is 5.75 Å². The first-order valence-electron chi connectivity index (χ1n) is 6.10. The minimum atomic E-state index is -0.417. The molecule has 0 heterocycles. The summed E-state index contributed by atoms with van der Waals surface area (Å²) in [6, 6.07) is 16.2. The summed E-state index contributed by atoms with van der Waals surface area (Å²) in [5, 5.41) is 0. The Hall–Kier alpha value is -2.49. The Morgan fingerprint density at radius 2 is 1.89 bits per heavy atom. The van der Waals surface area contributed by atoms with Gasteiger partial charge in [-0.1, -0.05) is 24.3 Å². The average molecular weight is 256 g/mol. The van der Waals surface area contributed by atoms with Gasteiger partial charge in [0.2, 0.25) is 0 Å². The number of hydrogen-bond donors (Lipinski definition) is 1. The van der Waals surface area contributed by atoms with Crippen LogP contribution in [-0.4, -0.2) is 12.6 Å². The van der Waals surface area contributed by atoms with E-state index < -0.39 is 6.09 Å². The Morgan fingerprint density at radius 1 is 1.16 bits per heavy atom. The van der Waals surface area contributed by atoms with Crippen LogP contribution in [0.3, 0.4) is 0 Å². The molecule has 2 aromatic carbocycles.